The minimum atomic E-state index is -0.203. The zero-order valence-corrected chi connectivity index (χ0v) is 12.9. The molecular formula is C17H19N3O2. The number of aryl methyl sites for hydroxylation is 1. The first-order chi connectivity index (χ1) is 10.7. The Morgan fingerprint density at radius 2 is 2.14 bits per heavy atom. The van der Waals surface area contributed by atoms with Gasteiger partial charge in [-0.25, -0.2) is 4.68 Å². The zero-order valence-electron chi connectivity index (χ0n) is 12.9. The van der Waals surface area contributed by atoms with Crippen molar-refractivity contribution in [2.24, 2.45) is 0 Å². The van der Waals surface area contributed by atoms with E-state index in [1.54, 1.807) is 6.07 Å². The third-order valence-corrected chi connectivity index (χ3v) is 3.22. The highest BCUT2D eigenvalue weighted by molar-refractivity contribution is 5.61. The van der Waals surface area contributed by atoms with E-state index in [0.29, 0.717) is 24.4 Å². The number of aromatic nitrogens is 2. The van der Waals surface area contributed by atoms with Crippen LogP contribution >= 0.6 is 0 Å². The first-order valence-corrected chi connectivity index (χ1v) is 7.40. The number of nitrogens with zero attached hydrogens (tertiary/aromatic N) is 3. The van der Waals surface area contributed by atoms with Gasteiger partial charge in [-0.05, 0) is 31.5 Å². The number of hydrogen-bond donors (Lipinski definition) is 0. The number of benzene rings is 1. The molecule has 0 aliphatic carbocycles. The van der Waals surface area contributed by atoms with Gasteiger partial charge in [0.2, 0.25) is 0 Å². The van der Waals surface area contributed by atoms with Crippen molar-refractivity contribution in [2.75, 3.05) is 6.61 Å². The lowest BCUT2D eigenvalue weighted by Crippen LogP contribution is -2.25. The van der Waals surface area contributed by atoms with Gasteiger partial charge in [0.05, 0.1) is 24.8 Å². The van der Waals surface area contributed by atoms with E-state index in [1.165, 1.54) is 4.68 Å². The summed E-state index contributed by atoms with van der Waals surface area (Å²) in [6.07, 6.45) is 1.02. The Kier molecular flexibility index (Phi) is 5.31. The molecule has 0 aliphatic heterocycles. The highest BCUT2D eigenvalue weighted by atomic mass is 16.5. The van der Waals surface area contributed by atoms with E-state index in [0.717, 1.165) is 17.7 Å². The maximum absolute atomic E-state index is 12.1. The quantitative estimate of drug-likeness (QED) is 0.822. The highest BCUT2D eigenvalue weighted by Crippen LogP contribution is 2.22. The molecule has 2 rings (SSSR count). The molecule has 1 aromatic heterocycles. The molecule has 0 bridgehead atoms. The third-order valence-electron chi connectivity index (χ3n) is 3.22. The van der Waals surface area contributed by atoms with E-state index in [-0.39, 0.29) is 12.0 Å². The van der Waals surface area contributed by atoms with Gasteiger partial charge in [-0.3, -0.25) is 4.79 Å². The van der Waals surface area contributed by atoms with Gasteiger partial charge < -0.3 is 4.74 Å². The molecule has 0 atom stereocenters. The van der Waals surface area contributed by atoms with E-state index < -0.39 is 0 Å². The molecular weight excluding hydrogens is 278 g/mol. The summed E-state index contributed by atoms with van der Waals surface area (Å²) in [6, 6.07) is 11.3. The number of hydrogen-bond acceptors (Lipinski definition) is 4. The predicted molar refractivity (Wildman–Crippen MR) is 84.7 cm³/mol. The summed E-state index contributed by atoms with van der Waals surface area (Å²) in [7, 11) is 0. The Hall–Kier alpha value is -2.61. The van der Waals surface area contributed by atoms with Crippen LogP contribution in [0.3, 0.4) is 0 Å². The molecule has 0 N–H and O–H groups in total. The molecule has 0 aliphatic rings. The lowest BCUT2D eigenvalue weighted by molar-refractivity contribution is 0.317. The van der Waals surface area contributed by atoms with Crippen LogP contribution in [0, 0.1) is 11.3 Å². The highest BCUT2D eigenvalue weighted by Gasteiger charge is 2.09. The van der Waals surface area contributed by atoms with Gasteiger partial charge in [0.1, 0.15) is 5.75 Å². The fourth-order valence-electron chi connectivity index (χ4n) is 2.13. The monoisotopic (exact) mass is 297 g/mol. The molecule has 5 nitrogen and oxygen atoms in total. The first-order valence-electron chi connectivity index (χ1n) is 7.40. The Bertz CT molecular complexity index is 744. The Labute approximate surface area is 129 Å². The van der Waals surface area contributed by atoms with Crippen LogP contribution in [0.25, 0.3) is 11.3 Å². The minimum absolute atomic E-state index is 0.0837. The molecule has 0 spiro atoms. The SMILES string of the molecule is CCCOc1cccc(-c2cc(CC#N)c(=O)n(CC)n2)c1. The van der Waals surface area contributed by atoms with Crippen LogP contribution in [0.5, 0.6) is 5.75 Å². The average Bonchev–Trinajstić information content (AvgIpc) is 2.55. The molecule has 0 saturated carbocycles. The summed E-state index contributed by atoms with van der Waals surface area (Å²) in [6.45, 7) is 5.04. The molecule has 0 fully saturated rings. The largest absolute Gasteiger partial charge is 0.494 e. The zero-order chi connectivity index (χ0) is 15.9. The lowest BCUT2D eigenvalue weighted by atomic mass is 10.1. The molecule has 114 valence electrons. The smallest absolute Gasteiger partial charge is 0.271 e. The predicted octanol–water partition coefficient (Wildman–Crippen LogP) is 2.79. The van der Waals surface area contributed by atoms with E-state index in [9.17, 15) is 4.79 Å². The molecule has 0 unspecified atom stereocenters. The lowest BCUT2D eigenvalue weighted by Gasteiger charge is -2.09. The second-order valence-corrected chi connectivity index (χ2v) is 4.89. The van der Waals surface area contributed by atoms with Crippen LogP contribution in [-0.2, 0) is 13.0 Å². The molecule has 2 aromatic rings. The van der Waals surface area contributed by atoms with Crippen LogP contribution in [0.4, 0.5) is 0 Å². The molecule has 0 saturated heterocycles. The van der Waals surface area contributed by atoms with E-state index in [1.807, 2.05) is 37.3 Å². The molecule has 0 amide bonds. The maximum Gasteiger partial charge on any atom is 0.271 e. The molecule has 1 aromatic carbocycles. The fraction of sp³-hybridized carbons (Fsp3) is 0.353. The van der Waals surface area contributed by atoms with Crippen molar-refractivity contribution in [1.82, 2.24) is 9.78 Å². The van der Waals surface area contributed by atoms with Crippen molar-refractivity contribution in [1.29, 1.82) is 5.26 Å². The summed E-state index contributed by atoms with van der Waals surface area (Å²) in [5, 5.41) is 13.2. The van der Waals surface area contributed by atoms with Gasteiger partial charge in [-0.1, -0.05) is 19.1 Å². The van der Waals surface area contributed by atoms with E-state index in [2.05, 4.69) is 12.0 Å². The molecule has 1 heterocycles. The van der Waals surface area contributed by atoms with Gasteiger partial charge in [-0.2, -0.15) is 10.4 Å². The van der Waals surface area contributed by atoms with Crippen LogP contribution in [0.15, 0.2) is 35.1 Å². The van der Waals surface area contributed by atoms with Crippen molar-refractivity contribution in [3.63, 3.8) is 0 Å². The summed E-state index contributed by atoms with van der Waals surface area (Å²) < 4.78 is 7.02. The average molecular weight is 297 g/mol. The van der Waals surface area contributed by atoms with Crippen molar-refractivity contribution in [3.8, 4) is 23.1 Å². The van der Waals surface area contributed by atoms with Gasteiger partial charge in [0, 0.05) is 17.7 Å². The number of ether oxygens (including phenoxy) is 1. The van der Waals surface area contributed by atoms with Crippen LogP contribution in [0.1, 0.15) is 25.8 Å². The molecule has 22 heavy (non-hydrogen) atoms. The molecule has 5 heteroatoms. The standard InChI is InChI=1S/C17H19N3O2/c1-3-10-22-15-7-5-6-13(11-15)16-12-14(8-9-18)17(21)20(4-2)19-16/h5-7,11-12H,3-4,8,10H2,1-2H3. The Morgan fingerprint density at radius 1 is 1.32 bits per heavy atom. The van der Waals surface area contributed by atoms with Crippen molar-refractivity contribution < 1.29 is 4.74 Å². The Morgan fingerprint density at radius 3 is 2.82 bits per heavy atom. The summed E-state index contributed by atoms with van der Waals surface area (Å²) in [5.74, 6) is 0.775. The van der Waals surface area contributed by atoms with Crippen LogP contribution in [0.2, 0.25) is 0 Å². The van der Waals surface area contributed by atoms with Crippen LogP contribution in [-0.4, -0.2) is 16.4 Å². The van der Waals surface area contributed by atoms with Gasteiger partial charge >= 0.3 is 0 Å². The van der Waals surface area contributed by atoms with Gasteiger partial charge in [0.25, 0.3) is 5.56 Å². The fourth-order valence-corrected chi connectivity index (χ4v) is 2.13. The number of nitriles is 1. The summed E-state index contributed by atoms with van der Waals surface area (Å²) >= 11 is 0. The number of rotatable bonds is 6. The summed E-state index contributed by atoms with van der Waals surface area (Å²) in [5.41, 5.74) is 1.81. The van der Waals surface area contributed by atoms with Gasteiger partial charge in [0.15, 0.2) is 0 Å². The van der Waals surface area contributed by atoms with E-state index in [4.69, 9.17) is 10.00 Å². The van der Waals surface area contributed by atoms with Crippen molar-refractivity contribution in [3.05, 3.63) is 46.2 Å². The first kappa shape index (κ1) is 15.8. The Balaban J connectivity index is 2.46. The van der Waals surface area contributed by atoms with Crippen molar-refractivity contribution in [2.45, 2.75) is 33.2 Å². The second-order valence-electron chi connectivity index (χ2n) is 4.89. The topological polar surface area (TPSA) is 67.9 Å². The minimum Gasteiger partial charge on any atom is -0.494 e. The van der Waals surface area contributed by atoms with Gasteiger partial charge in [-0.15, -0.1) is 0 Å². The van der Waals surface area contributed by atoms with Crippen LogP contribution < -0.4 is 10.3 Å². The maximum atomic E-state index is 12.1. The third kappa shape index (κ3) is 3.53. The van der Waals surface area contributed by atoms with E-state index >= 15 is 0 Å². The normalized spacial score (nSPS) is 10.2. The summed E-state index contributed by atoms with van der Waals surface area (Å²) in [4.78, 5) is 12.1. The second kappa shape index (κ2) is 7.41. The van der Waals surface area contributed by atoms with Crippen molar-refractivity contribution >= 4 is 0 Å². The molecule has 0 radical (unpaired) electrons.